The van der Waals surface area contributed by atoms with Crippen LogP contribution in [0.5, 0.6) is 0 Å². The Labute approximate surface area is 206 Å². The highest BCUT2D eigenvalue weighted by Gasteiger charge is 2.18. The summed E-state index contributed by atoms with van der Waals surface area (Å²) in [6.07, 6.45) is 3.35. The van der Waals surface area contributed by atoms with Gasteiger partial charge in [0.1, 0.15) is 22.7 Å². The molecule has 0 spiro atoms. The fraction of sp³-hybridized carbons (Fsp3) is 0.192. The van der Waals surface area contributed by atoms with Gasteiger partial charge < -0.3 is 14.8 Å². The van der Waals surface area contributed by atoms with Crippen LogP contribution in [0.25, 0.3) is 55.7 Å². The van der Waals surface area contributed by atoms with Crippen LogP contribution in [0.2, 0.25) is 0 Å². The number of fused-ring (bicyclic) bond motifs is 3. The van der Waals surface area contributed by atoms with Crippen LogP contribution < -0.4 is 4.90 Å². The number of hydrogen-bond acceptors (Lipinski definition) is 7. The van der Waals surface area contributed by atoms with Gasteiger partial charge in [-0.1, -0.05) is 18.2 Å². The molecule has 6 aromatic rings. The SMILES string of the molecule is CN1CCN(c2ccc(-c3ccc4[nH]c5nc(-c6cn[nH]n6)c(-c6cn[nH]n6)cc5c4c3)cc2)CC1. The number of H-pyrrole nitrogens is 3. The summed E-state index contributed by atoms with van der Waals surface area (Å²) in [5, 5.41) is 24.0. The standard InChI is InChI=1S/C26H24N10/c1-35-8-10-36(11-9-35)18-5-2-16(3-6-18)17-4-7-22-19(12-17)20-13-21(23-14-27-33-31-23)25(30-26(20)29-22)24-15-28-34-32-24/h2-7,12-15H,8-11H2,1H3,(H,29,30)(H,27,31,33)(H,28,32,34). The van der Waals surface area contributed by atoms with Gasteiger partial charge in [-0.05, 0) is 48.5 Å². The summed E-state index contributed by atoms with van der Waals surface area (Å²) in [6.45, 7) is 4.33. The number of likely N-dealkylation sites (N-methyl/N-ethyl adjacent to an activating group) is 1. The van der Waals surface area contributed by atoms with Crippen molar-refractivity contribution in [1.82, 2.24) is 45.7 Å². The second-order valence-corrected chi connectivity index (χ2v) is 9.21. The largest absolute Gasteiger partial charge is 0.369 e. The molecule has 7 rings (SSSR count). The van der Waals surface area contributed by atoms with Gasteiger partial charge >= 0.3 is 0 Å². The molecule has 4 aromatic heterocycles. The molecule has 3 N–H and O–H groups in total. The van der Waals surface area contributed by atoms with Crippen molar-refractivity contribution in [3.63, 3.8) is 0 Å². The summed E-state index contributed by atoms with van der Waals surface area (Å²) in [7, 11) is 2.18. The van der Waals surface area contributed by atoms with Crippen molar-refractivity contribution in [2.45, 2.75) is 0 Å². The molecule has 1 aliphatic heterocycles. The normalized spacial score (nSPS) is 14.8. The number of pyridine rings is 1. The Bertz CT molecular complexity index is 1640. The van der Waals surface area contributed by atoms with Gasteiger partial charge in [0.05, 0.1) is 12.4 Å². The summed E-state index contributed by atoms with van der Waals surface area (Å²) in [5.41, 5.74) is 8.33. The van der Waals surface area contributed by atoms with Crippen LogP contribution in [-0.2, 0) is 0 Å². The van der Waals surface area contributed by atoms with Gasteiger partial charge in [-0.3, -0.25) is 0 Å². The van der Waals surface area contributed by atoms with Gasteiger partial charge in [0.2, 0.25) is 0 Å². The maximum absolute atomic E-state index is 4.91. The molecule has 1 saturated heterocycles. The maximum Gasteiger partial charge on any atom is 0.139 e. The molecule has 0 radical (unpaired) electrons. The lowest BCUT2D eigenvalue weighted by molar-refractivity contribution is 0.313. The summed E-state index contributed by atoms with van der Waals surface area (Å²) in [5.74, 6) is 0. The van der Waals surface area contributed by atoms with Crippen LogP contribution in [0.15, 0.2) is 60.9 Å². The highest BCUT2D eigenvalue weighted by Crippen LogP contribution is 2.36. The summed E-state index contributed by atoms with van der Waals surface area (Å²) in [6, 6.07) is 17.5. The van der Waals surface area contributed by atoms with Crippen molar-refractivity contribution in [3.8, 4) is 33.8 Å². The topological polar surface area (TPSA) is 118 Å². The van der Waals surface area contributed by atoms with E-state index in [-0.39, 0.29) is 0 Å². The Balaban J connectivity index is 1.30. The number of nitrogens with one attached hydrogen (secondary N) is 3. The molecule has 0 bridgehead atoms. The third kappa shape index (κ3) is 3.50. The quantitative estimate of drug-likeness (QED) is 0.355. The molecule has 5 heterocycles. The smallest absolute Gasteiger partial charge is 0.139 e. The van der Waals surface area contributed by atoms with Crippen LogP contribution in [0.1, 0.15) is 0 Å². The number of piperazine rings is 1. The molecular formula is C26H24N10. The van der Waals surface area contributed by atoms with Gasteiger partial charge in [0.15, 0.2) is 0 Å². The summed E-state index contributed by atoms with van der Waals surface area (Å²) >= 11 is 0. The molecule has 0 aliphatic carbocycles. The Morgan fingerprint density at radius 2 is 1.47 bits per heavy atom. The van der Waals surface area contributed by atoms with Crippen LogP contribution in [-0.4, -0.2) is 78.9 Å². The van der Waals surface area contributed by atoms with E-state index in [0.717, 1.165) is 59.2 Å². The average molecular weight is 477 g/mol. The van der Waals surface area contributed by atoms with E-state index in [0.29, 0.717) is 17.1 Å². The second-order valence-electron chi connectivity index (χ2n) is 9.21. The first-order valence-electron chi connectivity index (χ1n) is 12.0. The minimum absolute atomic E-state index is 0.648. The van der Waals surface area contributed by atoms with E-state index in [4.69, 9.17) is 4.98 Å². The van der Waals surface area contributed by atoms with Crippen molar-refractivity contribution < 1.29 is 0 Å². The van der Waals surface area contributed by atoms with E-state index in [2.05, 4.69) is 101 Å². The molecule has 1 aliphatic rings. The first-order valence-corrected chi connectivity index (χ1v) is 12.0. The molecule has 10 nitrogen and oxygen atoms in total. The van der Waals surface area contributed by atoms with E-state index in [9.17, 15) is 0 Å². The zero-order valence-corrected chi connectivity index (χ0v) is 19.7. The molecule has 178 valence electrons. The van der Waals surface area contributed by atoms with Crippen LogP contribution in [0, 0.1) is 0 Å². The highest BCUT2D eigenvalue weighted by molar-refractivity contribution is 6.09. The predicted octanol–water partition coefficient (Wildman–Crippen LogP) is 3.71. The average Bonchev–Trinajstić information content (AvgIpc) is 3.69. The third-order valence-electron chi connectivity index (χ3n) is 7.00. The second kappa shape index (κ2) is 8.28. The van der Waals surface area contributed by atoms with E-state index in [1.165, 1.54) is 11.3 Å². The van der Waals surface area contributed by atoms with E-state index < -0.39 is 0 Å². The number of rotatable bonds is 4. The fourth-order valence-electron chi connectivity index (χ4n) is 4.96. The molecule has 0 unspecified atom stereocenters. The molecule has 36 heavy (non-hydrogen) atoms. The highest BCUT2D eigenvalue weighted by atomic mass is 15.3. The maximum atomic E-state index is 4.91. The predicted molar refractivity (Wildman–Crippen MR) is 139 cm³/mol. The summed E-state index contributed by atoms with van der Waals surface area (Å²) in [4.78, 5) is 13.2. The fourth-order valence-corrected chi connectivity index (χ4v) is 4.96. The van der Waals surface area contributed by atoms with Crippen molar-refractivity contribution in [2.24, 2.45) is 0 Å². The molecule has 0 saturated carbocycles. The number of benzene rings is 2. The first kappa shape index (κ1) is 20.8. The molecular weight excluding hydrogens is 452 g/mol. The van der Waals surface area contributed by atoms with Crippen LogP contribution in [0.3, 0.4) is 0 Å². The van der Waals surface area contributed by atoms with Gasteiger partial charge in [-0.25, -0.2) is 4.98 Å². The number of aromatic amines is 3. The Hall–Kier alpha value is -4.57. The third-order valence-corrected chi connectivity index (χ3v) is 7.00. The lowest BCUT2D eigenvalue weighted by atomic mass is 10.0. The van der Waals surface area contributed by atoms with Crippen molar-refractivity contribution in [3.05, 3.63) is 60.9 Å². The van der Waals surface area contributed by atoms with E-state index in [1.54, 1.807) is 12.4 Å². The van der Waals surface area contributed by atoms with Crippen molar-refractivity contribution >= 4 is 27.6 Å². The number of nitrogens with zero attached hydrogens (tertiary/aromatic N) is 7. The number of anilines is 1. The zero-order valence-electron chi connectivity index (χ0n) is 19.7. The Morgan fingerprint density at radius 3 is 2.19 bits per heavy atom. The van der Waals surface area contributed by atoms with Gasteiger partial charge in [-0.15, -0.1) is 0 Å². The minimum atomic E-state index is 0.648. The Kier molecular flexibility index (Phi) is 4.78. The van der Waals surface area contributed by atoms with Gasteiger partial charge in [-0.2, -0.15) is 30.8 Å². The van der Waals surface area contributed by atoms with Gasteiger partial charge in [0, 0.05) is 53.7 Å². The molecule has 1 fully saturated rings. The molecule has 2 aromatic carbocycles. The monoisotopic (exact) mass is 476 g/mol. The van der Waals surface area contributed by atoms with Crippen molar-refractivity contribution in [2.75, 3.05) is 38.1 Å². The zero-order chi connectivity index (χ0) is 24.1. The van der Waals surface area contributed by atoms with Crippen molar-refractivity contribution in [1.29, 1.82) is 0 Å². The van der Waals surface area contributed by atoms with Crippen LogP contribution >= 0.6 is 0 Å². The lowest BCUT2D eigenvalue weighted by Crippen LogP contribution is -2.44. The number of aromatic nitrogens is 8. The molecule has 0 atom stereocenters. The number of hydrogen-bond donors (Lipinski definition) is 3. The molecule has 10 heteroatoms. The van der Waals surface area contributed by atoms with E-state index >= 15 is 0 Å². The van der Waals surface area contributed by atoms with Gasteiger partial charge in [0.25, 0.3) is 0 Å². The summed E-state index contributed by atoms with van der Waals surface area (Å²) < 4.78 is 0. The minimum Gasteiger partial charge on any atom is -0.369 e. The van der Waals surface area contributed by atoms with E-state index in [1.807, 2.05) is 0 Å². The van der Waals surface area contributed by atoms with Crippen LogP contribution in [0.4, 0.5) is 5.69 Å². The molecule has 0 amide bonds. The lowest BCUT2D eigenvalue weighted by Gasteiger charge is -2.34. The Morgan fingerprint density at radius 1 is 0.750 bits per heavy atom. The first-order chi connectivity index (χ1) is 17.7.